The summed E-state index contributed by atoms with van der Waals surface area (Å²) in [6.07, 6.45) is 1.14. The summed E-state index contributed by atoms with van der Waals surface area (Å²) in [5.74, 6) is 0.0298. The number of methoxy groups -OCH3 is 1. The molecular formula is C17H15ClN2O4S2. The van der Waals surface area contributed by atoms with Gasteiger partial charge in [0.25, 0.3) is 5.91 Å². The first-order valence-corrected chi connectivity index (χ1v) is 10.5. The molecule has 1 amide bonds. The Labute approximate surface area is 159 Å². The molecule has 0 saturated heterocycles. The summed E-state index contributed by atoms with van der Waals surface area (Å²) >= 11 is 7.24. The van der Waals surface area contributed by atoms with Gasteiger partial charge < -0.3 is 4.74 Å². The Bertz CT molecular complexity index is 1120. The van der Waals surface area contributed by atoms with Gasteiger partial charge in [-0.3, -0.25) is 10.1 Å². The van der Waals surface area contributed by atoms with Crippen LogP contribution in [0.3, 0.4) is 0 Å². The van der Waals surface area contributed by atoms with E-state index in [9.17, 15) is 13.2 Å². The summed E-state index contributed by atoms with van der Waals surface area (Å²) in [4.78, 5) is 17.1. The number of carbonyl (C=O) groups excluding carboxylic acids is 1. The van der Waals surface area contributed by atoms with E-state index in [-0.39, 0.29) is 4.90 Å². The molecule has 136 valence electrons. The summed E-state index contributed by atoms with van der Waals surface area (Å²) in [7, 11) is -1.83. The van der Waals surface area contributed by atoms with Crippen LogP contribution in [0.25, 0.3) is 10.2 Å². The van der Waals surface area contributed by atoms with Crippen LogP contribution in [0, 0.1) is 6.92 Å². The molecule has 9 heteroatoms. The predicted molar refractivity (Wildman–Crippen MR) is 103 cm³/mol. The van der Waals surface area contributed by atoms with Crippen LogP contribution >= 0.6 is 22.9 Å². The maximum absolute atomic E-state index is 12.6. The van der Waals surface area contributed by atoms with Gasteiger partial charge in [0.05, 0.1) is 27.8 Å². The van der Waals surface area contributed by atoms with Gasteiger partial charge >= 0.3 is 0 Å². The molecule has 3 rings (SSSR count). The number of nitrogens with one attached hydrogen (secondary N) is 1. The molecule has 2 aromatic carbocycles. The molecule has 0 bridgehead atoms. The third kappa shape index (κ3) is 3.67. The highest BCUT2D eigenvalue weighted by Crippen LogP contribution is 2.31. The lowest BCUT2D eigenvalue weighted by Gasteiger charge is -2.11. The van der Waals surface area contributed by atoms with Crippen LogP contribution in [-0.2, 0) is 9.84 Å². The maximum atomic E-state index is 12.6. The van der Waals surface area contributed by atoms with E-state index in [2.05, 4.69) is 10.3 Å². The van der Waals surface area contributed by atoms with Crippen molar-refractivity contribution in [3.63, 3.8) is 0 Å². The normalized spacial score (nSPS) is 11.5. The number of hydrogen-bond acceptors (Lipinski definition) is 6. The van der Waals surface area contributed by atoms with Gasteiger partial charge in [0.1, 0.15) is 5.75 Å². The quantitative estimate of drug-likeness (QED) is 0.704. The van der Waals surface area contributed by atoms with Gasteiger partial charge in [-0.2, -0.15) is 0 Å². The summed E-state index contributed by atoms with van der Waals surface area (Å²) in [5.41, 5.74) is 1.65. The van der Waals surface area contributed by atoms with Gasteiger partial charge in [0.2, 0.25) is 0 Å². The lowest BCUT2D eigenvalue weighted by atomic mass is 10.1. The van der Waals surface area contributed by atoms with Crippen molar-refractivity contribution < 1.29 is 17.9 Å². The largest absolute Gasteiger partial charge is 0.496 e. The minimum Gasteiger partial charge on any atom is -0.496 e. The zero-order valence-corrected chi connectivity index (χ0v) is 16.6. The molecule has 0 spiro atoms. The molecule has 0 unspecified atom stereocenters. The highest BCUT2D eigenvalue weighted by Gasteiger charge is 2.18. The van der Waals surface area contributed by atoms with Crippen LogP contribution in [0.15, 0.2) is 35.2 Å². The molecule has 6 nitrogen and oxygen atoms in total. The summed E-state index contributed by atoms with van der Waals surface area (Å²) < 4.78 is 29.3. The number of thiazole rings is 1. The van der Waals surface area contributed by atoms with Gasteiger partial charge in [-0.15, -0.1) is 0 Å². The second-order valence-corrected chi connectivity index (χ2v) is 9.16. The predicted octanol–water partition coefficient (Wildman–Crippen LogP) is 3.92. The lowest BCUT2D eigenvalue weighted by Crippen LogP contribution is -2.13. The fraction of sp³-hybridized carbons (Fsp3) is 0.176. The zero-order chi connectivity index (χ0) is 19.1. The monoisotopic (exact) mass is 410 g/mol. The van der Waals surface area contributed by atoms with Gasteiger partial charge in [0.15, 0.2) is 15.0 Å². The van der Waals surface area contributed by atoms with Crippen molar-refractivity contribution in [3.05, 3.63) is 46.5 Å². The molecule has 0 aliphatic carbocycles. The van der Waals surface area contributed by atoms with Crippen LogP contribution in [0.5, 0.6) is 5.75 Å². The summed E-state index contributed by atoms with van der Waals surface area (Å²) in [5, 5.41) is 3.50. The van der Waals surface area contributed by atoms with Gasteiger partial charge in [-0.1, -0.05) is 22.9 Å². The Balaban J connectivity index is 1.95. The molecule has 1 N–H and O–H groups in total. The molecular weight excluding hydrogens is 396 g/mol. The number of carbonyl (C=O) groups is 1. The third-order valence-electron chi connectivity index (χ3n) is 3.70. The van der Waals surface area contributed by atoms with E-state index in [0.717, 1.165) is 11.8 Å². The average Bonchev–Trinajstić information content (AvgIpc) is 2.94. The van der Waals surface area contributed by atoms with Gasteiger partial charge in [-0.25, -0.2) is 13.4 Å². The van der Waals surface area contributed by atoms with Crippen LogP contribution in [0.1, 0.15) is 15.9 Å². The van der Waals surface area contributed by atoms with Crippen LogP contribution in [0.4, 0.5) is 5.13 Å². The van der Waals surface area contributed by atoms with Crippen molar-refractivity contribution in [1.82, 2.24) is 4.98 Å². The van der Waals surface area contributed by atoms with Crippen LogP contribution in [0.2, 0.25) is 5.02 Å². The van der Waals surface area contributed by atoms with Crippen molar-refractivity contribution in [2.75, 3.05) is 18.7 Å². The zero-order valence-electron chi connectivity index (χ0n) is 14.2. The van der Waals surface area contributed by atoms with Crippen LogP contribution < -0.4 is 10.1 Å². The van der Waals surface area contributed by atoms with Crippen molar-refractivity contribution in [3.8, 4) is 5.75 Å². The van der Waals surface area contributed by atoms with Gasteiger partial charge in [0, 0.05) is 11.3 Å². The molecule has 1 aromatic heterocycles. The van der Waals surface area contributed by atoms with Crippen molar-refractivity contribution in [2.45, 2.75) is 11.8 Å². The van der Waals surface area contributed by atoms with E-state index >= 15 is 0 Å². The number of amides is 1. The fourth-order valence-electron chi connectivity index (χ4n) is 2.52. The minimum atomic E-state index is -3.31. The number of aryl methyl sites for hydroxylation is 1. The maximum Gasteiger partial charge on any atom is 0.261 e. The van der Waals surface area contributed by atoms with Crippen molar-refractivity contribution in [1.29, 1.82) is 0 Å². The summed E-state index contributed by atoms with van der Waals surface area (Å²) in [6.45, 7) is 1.80. The third-order valence-corrected chi connectivity index (χ3v) is 5.96. The fourth-order valence-corrected chi connectivity index (χ4v) is 4.42. The Kier molecular flexibility index (Phi) is 4.92. The summed E-state index contributed by atoms with van der Waals surface area (Å²) in [6, 6.07) is 7.88. The minimum absolute atomic E-state index is 0.207. The number of anilines is 1. The van der Waals surface area contributed by atoms with E-state index in [1.165, 1.54) is 30.6 Å². The Morgan fingerprint density at radius 1 is 1.27 bits per heavy atom. The molecule has 0 aliphatic rings. The highest BCUT2D eigenvalue weighted by molar-refractivity contribution is 7.90. The SMILES string of the molecule is COc1c(C)cc(Cl)cc1C(=O)Nc1nc2ccc(S(C)(=O)=O)cc2s1. The second kappa shape index (κ2) is 6.86. The Hall–Kier alpha value is -2.16. The molecule has 26 heavy (non-hydrogen) atoms. The number of nitrogens with zero attached hydrogens (tertiary/aromatic N) is 1. The topological polar surface area (TPSA) is 85.4 Å². The standard InChI is InChI=1S/C17H15ClN2O4S2/c1-9-6-10(18)7-12(15(9)24-2)16(21)20-17-19-13-5-4-11(26(3,22)23)8-14(13)25-17/h4-8H,1-3H3,(H,19,20,21). The molecule has 0 saturated carbocycles. The molecule has 0 radical (unpaired) electrons. The smallest absolute Gasteiger partial charge is 0.261 e. The van der Waals surface area contributed by atoms with Crippen molar-refractivity contribution in [2.24, 2.45) is 0 Å². The number of aromatic nitrogens is 1. The van der Waals surface area contributed by atoms with E-state index in [1.54, 1.807) is 25.1 Å². The molecule has 0 atom stereocenters. The highest BCUT2D eigenvalue weighted by atomic mass is 35.5. The number of benzene rings is 2. The molecule has 1 heterocycles. The number of hydrogen-bond donors (Lipinski definition) is 1. The average molecular weight is 411 g/mol. The number of sulfone groups is 1. The Morgan fingerprint density at radius 3 is 2.65 bits per heavy atom. The number of rotatable bonds is 4. The number of ether oxygens (including phenoxy) is 1. The van der Waals surface area contributed by atoms with Crippen LogP contribution in [-0.4, -0.2) is 32.7 Å². The number of halogens is 1. The first-order valence-electron chi connectivity index (χ1n) is 7.45. The van der Waals surface area contributed by atoms with E-state index < -0.39 is 15.7 Å². The first-order chi connectivity index (χ1) is 12.2. The van der Waals surface area contributed by atoms with Gasteiger partial charge in [-0.05, 0) is 42.8 Å². The van der Waals surface area contributed by atoms with E-state index in [4.69, 9.17) is 16.3 Å². The lowest BCUT2D eigenvalue weighted by molar-refractivity contribution is 0.102. The number of fused-ring (bicyclic) bond motifs is 1. The first kappa shape index (κ1) is 18.6. The second-order valence-electron chi connectivity index (χ2n) is 5.68. The molecule has 0 fully saturated rings. The van der Waals surface area contributed by atoms with E-state index in [0.29, 0.717) is 31.7 Å². The Morgan fingerprint density at radius 2 is 2.00 bits per heavy atom. The van der Waals surface area contributed by atoms with E-state index in [1.807, 2.05) is 0 Å². The molecule has 0 aliphatic heterocycles. The van der Waals surface area contributed by atoms with Crippen molar-refractivity contribution >= 4 is 54.0 Å². The molecule has 3 aromatic rings.